The Morgan fingerprint density at radius 2 is 2.14 bits per heavy atom. The van der Waals surface area contributed by atoms with Crippen LogP contribution in [0.4, 0.5) is 0 Å². The molecule has 0 fully saturated rings. The first kappa shape index (κ1) is 15.9. The Bertz CT molecular complexity index is 576. The van der Waals surface area contributed by atoms with Gasteiger partial charge in [-0.15, -0.1) is 0 Å². The molecule has 2 rings (SSSR count). The van der Waals surface area contributed by atoms with Crippen LogP contribution in [0.15, 0.2) is 22.7 Å². The molecule has 0 amide bonds. The minimum atomic E-state index is 0.411. The number of hydrogen-bond donors (Lipinski definition) is 1. The second-order valence-electron chi connectivity index (χ2n) is 5.03. The Labute approximate surface area is 130 Å². The first-order valence-corrected chi connectivity index (χ1v) is 7.53. The van der Waals surface area contributed by atoms with Crippen molar-refractivity contribution in [2.24, 2.45) is 0 Å². The van der Waals surface area contributed by atoms with E-state index in [1.54, 1.807) is 0 Å². The van der Waals surface area contributed by atoms with Crippen LogP contribution in [0.25, 0.3) is 0 Å². The lowest BCUT2D eigenvalue weighted by Crippen LogP contribution is -2.13. The van der Waals surface area contributed by atoms with Gasteiger partial charge >= 0.3 is 0 Å². The van der Waals surface area contributed by atoms with E-state index >= 15 is 0 Å². The summed E-state index contributed by atoms with van der Waals surface area (Å²) in [7, 11) is 0. The van der Waals surface area contributed by atoms with Crippen molar-refractivity contribution in [2.75, 3.05) is 6.54 Å². The van der Waals surface area contributed by atoms with Crippen molar-refractivity contribution >= 4 is 11.6 Å². The predicted octanol–water partition coefficient (Wildman–Crippen LogP) is 4.02. The monoisotopic (exact) mass is 308 g/mol. The lowest BCUT2D eigenvalue weighted by atomic mass is 10.2. The maximum absolute atomic E-state index is 6.27. The molecular formula is C16H21ClN2O2. The van der Waals surface area contributed by atoms with Crippen LogP contribution in [0.5, 0.6) is 5.75 Å². The first-order chi connectivity index (χ1) is 10.1. The molecule has 0 aliphatic rings. The zero-order valence-corrected chi connectivity index (χ0v) is 13.5. The molecule has 1 N–H and O–H groups in total. The van der Waals surface area contributed by atoms with E-state index in [1.807, 2.05) is 32.0 Å². The van der Waals surface area contributed by atoms with E-state index in [2.05, 4.69) is 17.4 Å². The van der Waals surface area contributed by atoms with Crippen LogP contribution in [0.2, 0.25) is 5.02 Å². The zero-order chi connectivity index (χ0) is 15.2. The zero-order valence-electron chi connectivity index (χ0n) is 12.7. The molecule has 0 saturated heterocycles. The van der Waals surface area contributed by atoms with Gasteiger partial charge in [-0.25, -0.2) is 0 Å². The molecule has 1 heterocycles. The molecule has 0 bridgehead atoms. The van der Waals surface area contributed by atoms with E-state index in [0.717, 1.165) is 42.1 Å². The highest BCUT2D eigenvalue weighted by atomic mass is 35.5. The number of hydrogen-bond acceptors (Lipinski definition) is 4. The van der Waals surface area contributed by atoms with Crippen LogP contribution in [0.3, 0.4) is 0 Å². The van der Waals surface area contributed by atoms with Gasteiger partial charge in [0, 0.05) is 6.54 Å². The van der Waals surface area contributed by atoms with Crippen LogP contribution in [0.1, 0.15) is 35.9 Å². The van der Waals surface area contributed by atoms with Crippen LogP contribution >= 0.6 is 11.6 Å². The molecule has 0 aliphatic carbocycles. The van der Waals surface area contributed by atoms with Crippen molar-refractivity contribution in [3.05, 3.63) is 45.8 Å². The normalized spacial score (nSPS) is 10.9. The molecule has 4 nitrogen and oxygen atoms in total. The highest BCUT2D eigenvalue weighted by Gasteiger charge is 2.11. The first-order valence-electron chi connectivity index (χ1n) is 7.15. The summed E-state index contributed by atoms with van der Waals surface area (Å²) in [4.78, 5) is 0. The average Bonchev–Trinajstić information content (AvgIpc) is 2.78. The number of benzene rings is 1. The van der Waals surface area contributed by atoms with E-state index in [9.17, 15) is 0 Å². The SMILES string of the molecule is CCCNCc1ccc(OCc2c(C)noc2C)c(Cl)c1. The van der Waals surface area contributed by atoms with Crippen LogP contribution < -0.4 is 10.1 Å². The number of aryl methyl sites for hydroxylation is 2. The van der Waals surface area contributed by atoms with Crippen molar-refractivity contribution in [2.45, 2.75) is 40.3 Å². The van der Waals surface area contributed by atoms with Gasteiger partial charge in [-0.05, 0) is 44.5 Å². The highest BCUT2D eigenvalue weighted by Crippen LogP contribution is 2.27. The molecule has 114 valence electrons. The fraction of sp³-hybridized carbons (Fsp3) is 0.438. The topological polar surface area (TPSA) is 47.3 Å². The highest BCUT2D eigenvalue weighted by molar-refractivity contribution is 6.32. The minimum absolute atomic E-state index is 0.411. The molecule has 0 spiro atoms. The number of nitrogens with zero attached hydrogens (tertiary/aromatic N) is 1. The number of halogens is 1. The maximum atomic E-state index is 6.27. The molecule has 1 aromatic heterocycles. The van der Waals surface area contributed by atoms with Crippen molar-refractivity contribution in [1.29, 1.82) is 0 Å². The summed E-state index contributed by atoms with van der Waals surface area (Å²) >= 11 is 6.27. The van der Waals surface area contributed by atoms with Gasteiger partial charge in [-0.1, -0.05) is 29.7 Å². The molecule has 5 heteroatoms. The molecular weight excluding hydrogens is 288 g/mol. The number of nitrogens with one attached hydrogen (secondary N) is 1. The second kappa shape index (κ2) is 7.48. The summed E-state index contributed by atoms with van der Waals surface area (Å²) in [6.45, 7) is 8.15. The van der Waals surface area contributed by atoms with E-state index in [1.165, 1.54) is 0 Å². The smallest absolute Gasteiger partial charge is 0.140 e. The Morgan fingerprint density at radius 3 is 2.76 bits per heavy atom. The van der Waals surface area contributed by atoms with Gasteiger partial charge in [0.25, 0.3) is 0 Å². The van der Waals surface area contributed by atoms with E-state index in [4.69, 9.17) is 20.9 Å². The van der Waals surface area contributed by atoms with Gasteiger partial charge in [0.1, 0.15) is 18.1 Å². The maximum Gasteiger partial charge on any atom is 0.140 e. The van der Waals surface area contributed by atoms with Crippen molar-refractivity contribution in [1.82, 2.24) is 10.5 Å². The Kier molecular flexibility index (Phi) is 5.65. The molecule has 2 aromatic rings. The standard InChI is InChI=1S/C16H21ClN2O2/c1-4-7-18-9-13-5-6-16(15(17)8-13)20-10-14-11(2)19-21-12(14)3/h5-6,8,18H,4,7,9-10H2,1-3H3. The largest absolute Gasteiger partial charge is 0.487 e. The van der Waals surface area contributed by atoms with Gasteiger partial charge in [-0.2, -0.15) is 0 Å². The van der Waals surface area contributed by atoms with Crippen molar-refractivity contribution in [3.8, 4) is 5.75 Å². The summed E-state index contributed by atoms with van der Waals surface area (Å²) in [5, 5.41) is 7.88. The van der Waals surface area contributed by atoms with Gasteiger partial charge in [-0.3, -0.25) is 0 Å². The third kappa shape index (κ3) is 4.22. The summed E-state index contributed by atoms with van der Waals surface area (Å²) < 4.78 is 10.9. The van der Waals surface area contributed by atoms with Gasteiger partial charge < -0.3 is 14.6 Å². The molecule has 0 saturated carbocycles. The Hall–Kier alpha value is -1.52. The number of aromatic nitrogens is 1. The second-order valence-corrected chi connectivity index (χ2v) is 5.44. The van der Waals surface area contributed by atoms with E-state index in [-0.39, 0.29) is 0 Å². The number of ether oxygens (including phenoxy) is 1. The van der Waals surface area contributed by atoms with E-state index < -0.39 is 0 Å². The van der Waals surface area contributed by atoms with Gasteiger partial charge in [0.2, 0.25) is 0 Å². The summed E-state index contributed by atoms with van der Waals surface area (Å²) in [6, 6.07) is 5.87. The minimum Gasteiger partial charge on any atom is -0.487 e. The molecule has 0 radical (unpaired) electrons. The van der Waals surface area contributed by atoms with Crippen LogP contribution in [-0.4, -0.2) is 11.7 Å². The fourth-order valence-corrected chi connectivity index (χ4v) is 2.30. The molecule has 0 unspecified atom stereocenters. The molecule has 1 aromatic carbocycles. The predicted molar refractivity (Wildman–Crippen MR) is 83.8 cm³/mol. The summed E-state index contributed by atoms with van der Waals surface area (Å²) in [5.74, 6) is 1.46. The third-order valence-electron chi connectivity index (χ3n) is 3.31. The van der Waals surface area contributed by atoms with Gasteiger partial charge in [0.05, 0.1) is 16.3 Å². The van der Waals surface area contributed by atoms with Crippen LogP contribution in [0, 0.1) is 13.8 Å². The molecule has 0 atom stereocenters. The number of rotatable bonds is 7. The van der Waals surface area contributed by atoms with Crippen molar-refractivity contribution < 1.29 is 9.26 Å². The third-order valence-corrected chi connectivity index (χ3v) is 3.60. The quantitative estimate of drug-likeness (QED) is 0.785. The van der Waals surface area contributed by atoms with E-state index in [0.29, 0.717) is 17.4 Å². The summed E-state index contributed by atoms with van der Waals surface area (Å²) in [5.41, 5.74) is 2.97. The van der Waals surface area contributed by atoms with Crippen LogP contribution in [-0.2, 0) is 13.2 Å². The Balaban J connectivity index is 1.98. The lowest BCUT2D eigenvalue weighted by molar-refractivity contribution is 0.302. The summed E-state index contributed by atoms with van der Waals surface area (Å²) in [6.07, 6.45) is 1.12. The molecule has 0 aliphatic heterocycles. The van der Waals surface area contributed by atoms with Gasteiger partial charge in [0.15, 0.2) is 0 Å². The average molecular weight is 309 g/mol. The lowest BCUT2D eigenvalue weighted by Gasteiger charge is -2.10. The fourth-order valence-electron chi connectivity index (χ4n) is 2.04. The molecule has 21 heavy (non-hydrogen) atoms. The van der Waals surface area contributed by atoms with Crippen molar-refractivity contribution in [3.63, 3.8) is 0 Å². The Morgan fingerprint density at radius 1 is 1.33 bits per heavy atom.